The van der Waals surface area contributed by atoms with E-state index in [1.165, 1.54) is 5.32 Å². The van der Waals surface area contributed by atoms with Crippen molar-refractivity contribution in [2.24, 2.45) is 5.73 Å². The number of carboxylic acid groups (broad SMARTS) is 2. The second-order valence-corrected chi connectivity index (χ2v) is 2.37. The minimum absolute atomic E-state index is 0.737. The second kappa shape index (κ2) is 5.14. The Morgan fingerprint density at radius 3 is 2.00 bits per heavy atom. The molecule has 4 N–H and O–H groups in total. The number of carbonyl (C=O) groups excluding carboxylic acids is 3. The first-order valence-electron chi connectivity index (χ1n) is 3.48. The molecule has 0 radical (unpaired) electrons. The van der Waals surface area contributed by atoms with Crippen molar-refractivity contribution in [2.75, 3.05) is 6.61 Å². The SMILES string of the molecule is N[C@@H](CO)C(=O)NC(C(=O)[O-])C(=O)[O-]. The van der Waals surface area contributed by atoms with Gasteiger partial charge in [0, 0.05) is 0 Å². The van der Waals surface area contributed by atoms with E-state index >= 15 is 0 Å². The van der Waals surface area contributed by atoms with Gasteiger partial charge >= 0.3 is 0 Å². The molecule has 1 amide bonds. The smallest absolute Gasteiger partial charge is 0.240 e. The van der Waals surface area contributed by atoms with Gasteiger partial charge in [-0.25, -0.2) is 0 Å². The quantitative estimate of drug-likeness (QED) is 0.376. The van der Waals surface area contributed by atoms with Gasteiger partial charge in [-0.2, -0.15) is 0 Å². The van der Waals surface area contributed by atoms with Crippen molar-refractivity contribution in [1.82, 2.24) is 5.32 Å². The van der Waals surface area contributed by atoms with Gasteiger partial charge in [-0.3, -0.25) is 4.79 Å². The predicted molar refractivity (Wildman–Crippen MR) is 37.0 cm³/mol. The number of aliphatic hydroxyl groups excluding tert-OH is 1. The van der Waals surface area contributed by atoms with Crippen molar-refractivity contribution in [2.45, 2.75) is 12.1 Å². The molecule has 0 aromatic rings. The molecule has 14 heavy (non-hydrogen) atoms. The molecule has 0 spiro atoms. The Morgan fingerprint density at radius 1 is 1.29 bits per heavy atom. The van der Waals surface area contributed by atoms with E-state index in [2.05, 4.69) is 0 Å². The molecule has 0 aliphatic rings. The number of nitrogens with one attached hydrogen (secondary N) is 1. The summed E-state index contributed by atoms with van der Waals surface area (Å²) >= 11 is 0. The van der Waals surface area contributed by atoms with Crippen LogP contribution in [0.4, 0.5) is 0 Å². The third-order valence-electron chi connectivity index (χ3n) is 1.29. The van der Waals surface area contributed by atoms with Gasteiger partial charge < -0.3 is 36.0 Å². The van der Waals surface area contributed by atoms with E-state index in [0.29, 0.717) is 0 Å². The Bertz CT molecular complexity index is 239. The molecule has 1 atom stereocenters. The van der Waals surface area contributed by atoms with Gasteiger partial charge in [-0.1, -0.05) is 0 Å². The van der Waals surface area contributed by atoms with E-state index in [9.17, 15) is 24.6 Å². The lowest BCUT2D eigenvalue weighted by molar-refractivity contribution is -0.326. The number of carbonyl (C=O) groups is 3. The molecule has 0 saturated carbocycles. The summed E-state index contributed by atoms with van der Waals surface area (Å²) in [5.74, 6) is -5.17. The molecule has 0 bridgehead atoms. The van der Waals surface area contributed by atoms with Crippen LogP contribution in [0, 0.1) is 0 Å². The summed E-state index contributed by atoms with van der Waals surface area (Å²) in [6.45, 7) is -0.737. The highest BCUT2D eigenvalue weighted by atomic mass is 16.4. The van der Waals surface area contributed by atoms with Gasteiger partial charge in [0.25, 0.3) is 0 Å². The maximum atomic E-state index is 10.8. The molecule has 0 saturated heterocycles. The van der Waals surface area contributed by atoms with Crippen LogP contribution in [-0.4, -0.2) is 41.6 Å². The summed E-state index contributed by atoms with van der Waals surface area (Å²) in [4.78, 5) is 31.1. The van der Waals surface area contributed by atoms with Crippen LogP contribution >= 0.6 is 0 Å². The Labute approximate surface area is 78.3 Å². The number of hydrogen-bond donors (Lipinski definition) is 3. The van der Waals surface area contributed by atoms with Crippen molar-refractivity contribution in [3.8, 4) is 0 Å². The number of aliphatic carboxylic acids is 2. The van der Waals surface area contributed by atoms with Crippen molar-refractivity contribution in [3.05, 3.63) is 0 Å². The highest BCUT2D eigenvalue weighted by Gasteiger charge is 2.18. The zero-order valence-corrected chi connectivity index (χ0v) is 6.93. The van der Waals surface area contributed by atoms with Crippen LogP contribution in [0.2, 0.25) is 0 Å². The van der Waals surface area contributed by atoms with Crippen LogP contribution in [0.25, 0.3) is 0 Å². The van der Waals surface area contributed by atoms with Crippen molar-refractivity contribution >= 4 is 17.8 Å². The average molecular weight is 204 g/mol. The molecule has 0 unspecified atom stereocenters. The van der Waals surface area contributed by atoms with E-state index < -0.39 is 36.5 Å². The van der Waals surface area contributed by atoms with Crippen LogP contribution in [0.5, 0.6) is 0 Å². The number of aliphatic hydroxyl groups is 1. The van der Waals surface area contributed by atoms with Gasteiger partial charge in [0.2, 0.25) is 5.91 Å². The topological polar surface area (TPSA) is 156 Å². The Balaban J connectivity index is 4.39. The number of amides is 1. The van der Waals surface area contributed by atoms with E-state index in [-0.39, 0.29) is 0 Å². The van der Waals surface area contributed by atoms with Gasteiger partial charge in [0.15, 0.2) is 0 Å². The molecule has 0 aromatic carbocycles. The third-order valence-corrected chi connectivity index (χ3v) is 1.29. The van der Waals surface area contributed by atoms with Crippen LogP contribution < -0.4 is 21.3 Å². The highest BCUT2D eigenvalue weighted by Crippen LogP contribution is 1.83. The Kier molecular flexibility index (Phi) is 4.53. The lowest BCUT2D eigenvalue weighted by atomic mass is 10.2. The summed E-state index contributed by atoms with van der Waals surface area (Å²) in [6, 6.07) is -3.67. The normalized spacial score (nSPS) is 12.2. The number of hydrogen-bond acceptors (Lipinski definition) is 7. The molecule has 0 aliphatic carbocycles. The van der Waals surface area contributed by atoms with Crippen molar-refractivity contribution in [3.63, 3.8) is 0 Å². The molecule has 0 rings (SSSR count). The maximum Gasteiger partial charge on any atom is 0.240 e. The maximum absolute atomic E-state index is 10.8. The molecule has 0 fully saturated rings. The largest absolute Gasteiger partial charge is 0.547 e. The van der Waals surface area contributed by atoms with Gasteiger partial charge in [-0.05, 0) is 0 Å². The average Bonchev–Trinajstić information content (AvgIpc) is 2.11. The molecule has 0 heterocycles. The minimum atomic E-state index is -2.28. The van der Waals surface area contributed by atoms with Crippen molar-refractivity contribution in [1.29, 1.82) is 0 Å². The van der Waals surface area contributed by atoms with Crippen LogP contribution in [0.3, 0.4) is 0 Å². The van der Waals surface area contributed by atoms with Crippen LogP contribution in [0.1, 0.15) is 0 Å². The summed E-state index contributed by atoms with van der Waals surface area (Å²) in [5.41, 5.74) is 4.98. The second-order valence-electron chi connectivity index (χ2n) is 2.37. The van der Waals surface area contributed by atoms with E-state index in [1.807, 2.05) is 0 Å². The summed E-state index contributed by atoms with van der Waals surface area (Å²) in [6.07, 6.45) is 0. The van der Waals surface area contributed by atoms with Gasteiger partial charge in [0.05, 0.1) is 18.5 Å². The van der Waals surface area contributed by atoms with E-state index in [0.717, 1.165) is 0 Å². The molecule has 0 aliphatic heterocycles. The number of nitrogens with two attached hydrogens (primary N) is 1. The van der Waals surface area contributed by atoms with Gasteiger partial charge in [0.1, 0.15) is 12.1 Å². The fourth-order valence-corrected chi connectivity index (χ4v) is 0.546. The number of rotatable bonds is 5. The minimum Gasteiger partial charge on any atom is -0.547 e. The van der Waals surface area contributed by atoms with Crippen LogP contribution in [-0.2, 0) is 14.4 Å². The number of carboxylic acids is 2. The lowest BCUT2D eigenvalue weighted by Gasteiger charge is -2.21. The molecule has 8 nitrogen and oxygen atoms in total. The monoisotopic (exact) mass is 204 g/mol. The molecular weight excluding hydrogens is 196 g/mol. The fourth-order valence-electron chi connectivity index (χ4n) is 0.546. The Hall–Kier alpha value is -1.67. The molecular formula is C6H8N2O6-2. The summed E-state index contributed by atoms with van der Waals surface area (Å²) in [7, 11) is 0. The molecule has 80 valence electrons. The van der Waals surface area contributed by atoms with E-state index in [1.54, 1.807) is 0 Å². The first-order chi connectivity index (χ1) is 6.40. The van der Waals surface area contributed by atoms with Crippen molar-refractivity contribution < 1.29 is 29.7 Å². The van der Waals surface area contributed by atoms with Crippen LogP contribution in [0.15, 0.2) is 0 Å². The highest BCUT2D eigenvalue weighted by molar-refractivity contribution is 5.99. The Morgan fingerprint density at radius 2 is 1.71 bits per heavy atom. The first-order valence-corrected chi connectivity index (χ1v) is 3.48. The summed E-state index contributed by atoms with van der Waals surface area (Å²) in [5, 5.41) is 30.2. The van der Waals surface area contributed by atoms with Gasteiger partial charge in [-0.15, -0.1) is 0 Å². The molecule has 0 aromatic heterocycles. The zero-order valence-electron chi connectivity index (χ0n) is 6.93. The third kappa shape index (κ3) is 3.37. The first kappa shape index (κ1) is 12.3. The molecule has 8 heteroatoms. The zero-order chi connectivity index (χ0) is 11.3. The lowest BCUT2D eigenvalue weighted by Crippen LogP contribution is -2.60. The fraction of sp³-hybridized carbons (Fsp3) is 0.500. The summed E-state index contributed by atoms with van der Waals surface area (Å²) < 4.78 is 0. The van der Waals surface area contributed by atoms with E-state index in [4.69, 9.17) is 10.8 Å². The standard InChI is InChI=1S/C6H10N2O6/c7-2(1-9)4(10)8-3(5(11)12)6(13)14/h2-3,9H,1,7H2,(H,8,10)(H,11,12)(H,13,14)/p-2/t2-/m0/s1. The predicted octanol–water partition coefficient (Wildman–Crippen LogP) is -5.71.